The number of carbonyl (C=O) groups is 1. The molecule has 0 bridgehead atoms. The first-order chi connectivity index (χ1) is 6.18. The molecule has 80 valence electrons. The van der Waals surface area contributed by atoms with Gasteiger partial charge in [0.05, 0.1) is 6.07 Å². The van der Waals surface area contributed by atoms with Crippen LogP contribution in [0, 0.1) is 11.3 Å². The Morgan fingerprint density at radius 1 is 1.57 bits per heavy atom. The van der Waals surface area contributed by atoms with Gasteiger partial charge in [-0.05, 0) is 13.3 Å². The molecule has 0 aliphatic carbocycles. The molecule has 0 radical (unpaired) electrons. The lowest BCUT2D eigenvalue weighted by Crippen LogP contribution is -2.45. The minimum Gasteiger partial charge on any atom is -0.465 e. The monoisotopic (exact) mass is 214 g/mol. The molecule has 14 heavy (non-hydrogen) atoms. The third kappa shape index (κ3) is 5.59. The van der Waals surface area contributed by atoms with Gasteiger partial charge in [-0.1, -0.05) is 25.7 Å². The van der Waals surface area contributed by atoms with E-state index < -0.39 is 19.7 Å². The fourth-order valence-electron chi connectivity index (χ4n) is 1.01. The van der Waals surface area contributed by atoms with Gasteiger partial charge in [-0.2, -0.15) is 5.26 Å². The van der Waals surface area contributed by atoms with Gasteiger partial charge in [0.2, 0.25) is 0 Å². The molecule has 5 heteroatoms. The van der Waals surface area contributed by atoms with Gasteiger partial charge in [-0.3, -0.25) is 0 Å². The minimum absolute atomic E-state index is 0.589. The summed E-state index contributed by atoms with van der Waals surface area (Å²) >= 11 is 0. The summed E-state index contributed by atoms with van der Waals surface area (Å²) in [5.41, 5.74) is -0.938. The van der Waals surface area contributed by atoms with E-state index >= 15 is 0 Å². The average molecular weight is 214 g/mol. The minimum atomic E-state index is -1.22. The zero-order valence-electron chi connectivity index (χ0n) is 9.22. The van der Waals surface area contributed by atoms with Crippen LogP contribution >= 0.6 is 0 Å². The zero-order valence-corrected chi connectivity index (χ0v) is 10.2. The number of rotatable bonds is 4. The Balaban J connectivity index is 4.29. The smallest absolute Gasteiger partial charge is 0.405 e. The predicted octanol–water partition coefficient (Wildman–Crippen LogP) is 2.26. The highest BCUT2D eigenvalue weighted by Crippen LogP contribution is 2.19. The first-order valence-corrected chi connectivity index (χ1v) is 8.32. The lowest BCUT2D eigenvalue weighted by atomic mass is 10.0. The molecule has 0 aliphatic heterocycles. The van der Waals surface area contributed by atoms with E-state index in [-0.39, 0.29) is 0 Å². The Morgan fingerprint density at radius 3 is 2.36 bits per heavy atom. The Kier molecular flexibility index (Phi) is 4.14. The Hall–Kier alpha value is -1.02. The normalized spacial score (nSPS) is 15.4. The lowest BCUT2D eigenvalue weighted by Gasteiger charge is -2.25. The first-order valence-electron chi connectivity index (χ1n) is 4.61. The maximum atomic E-state index is 10.4. The molecular weight excluding hydrogens is 196 g/mol. The number of hydrogen-bond donors (Lipinski definition) is 2. The lowest BCUT2D eigenvalue weighted by molar-refractivity contribution is 0.185. The first kappa shape index (κ1) is 13.0. The highest BCUT2D eigenvalue weighted by molar-refractivity contribution is 6.76. The molecule has 0 aromatic carbocycles. The Morgan fingerprint density at radius 2 is 2.07 bits per heavy atom. The van der Waals surface area contributed by atoms with Crippen molar-refractivity contribution in [2.75, 3.05) is 0 Å². The van der Waals surface area contributed by atoms with Crippen LogP contribution in [0.4, 0.5) is 4.79 Å². The standard InChI is InChI=1S/C9H18N2O2Si/c1-9(7-10,11-8(12)13)5-6-14(2,3)4/h11H,5-6H2,1-4H3,(H,12,13). The molecule has 0 aromatic heterocycles. The van der Waals surface area contributed by atoms with Crippen molar-refractivity contribution in [1.82, 2.24) is 5.32 Å². The average Bonchev–Trinajstić information content (AvgIpc) is 1.99. The Bertz CT molecular complexity index is 255. The van der Waals surface area contributed by atoms with Crippen LogP contribution in [0.2, 0.25) is 25.7 Å². The summed E-state index contributed by atoms with van der Waals surface area (Å²) in [7, 11) is -1.22. The van der Waals surface area contributed by atoms with Crippen molar-refractivity contribution in [3.63, 3.8) is 0 Å². The van der Waals surface area contributed by atoms with Crippen LogP contribution in [-0.2, 0) is 0 Å². The zero-order chi connectivity index (χ0) is 11.4. The SMILES string of the molecule is CC(C#N)(CC[Si](C)(C)C)NC(=O)O. The van der Waals surface area contributed by atoms with E-state index in [1.165, 1.54) is 0 Å². The molecule has 0 saturated carbocycles. The summed E-state index contributed by atoms with van der Waals surface area (Å²) in [5, 5.41) is 19.7. The van der Waals surface area contributed by atoms with Crippen LogP contribution in [0.1, 0.15) is 13.3 Å². The molecule has 2 N–H and O–H groups in total. The highest BCUT2D eigenvalue weighted by atomic mass is 28.3. The molecule has 0 aromatic rings. The quantitative estimate of drug-likeness (QED) is 0.705. The van der Waals surface area contributed by atoms with Crippen LogP contribution < -0.4 is 5.32 Å². The molecule has 0 spiro atoms. The van der Waals surface area contributed by atoms with Gasteiger partial charge >= 0.3 is 6.09 Å². The summed E-state index contributed by atoms with van der Waals surface area (Å²) in [6.07, 6.45) is -0.546. The van der Waals surface area contributed by atoms with E-state index in [0.717, 1.165) is 6.04 Å². The number of carboxylic acid groups (broad SMARTS) is 1. The van der Waals surface area contributed by atoms with Crippen molar-refractivity contribution >= 4 is 14.2 Å². The van der Waals surface area contributed by atoms with Gasteiger partial charge in [0, 0.05) is 8.07 Å². The molecule has 0 saturated heterocycles. The van der Waals surface area contributed by atoms with Gasteiger partial charge < -0.3 is 10.4 Å². The molecule has 1 unspecified atom stereocenters. The maximum absolute atomic E-state index is 10.4. The van der Waals surface area contributed by atoms with Crippen LogP contribution in [0.5, 0.6) is 0 Å². The van der Waals surface area contributed by atoms with E-state index in [2.05, 4.69) is 25.0 Å². The Labute approximate surface area is 85.9 Å². The summed E-state index contributed by atoms with van der Waals surface area (Å²) < 4.78 is 0. The largest absolute Gasteiger partial charge is 0.465 e. The number of hydrogen-bond acceptors (Lipinski definition) is 2. The molecule has 1 atom stereocenters. The summed E-state index contributed by atoms with van der Waals surface area (Å²) in [6, 6.07) is 2.95. The third-order valence-electron chi connectivity index (χ3n) is 2.00. The van der Waals surface area contributed by atoms with Crippen molar-refractivity contribution in [1.29, 1.82) is 5.26 Å². The van der Waals surface area contributed by atoms with Crippen LogP contribution in [0.25, 0.3) is 0 Å². The fraction of sp³-hybridized carbons (Fsp3) is 0.778. The van der Waals surface area contributed by atoms with E-state index in [0.29, 0.717) is 6.42 Å². The van der Waals surface area contributed by atoms with Gasteiger partial charge in [0.15, 0.2) is 0 Å². The van der Waals surface area contributed by atoms with E-state index in [1.807, 2.05) is 6.07 Å². The highest BCUT2D eigenvalue weighted by Gasteiger charge is 2.28. The second-order valence-corrected chi connectivity index (χ2v) is 10.6. The summed E-state index contributed by atoms with van der Waals surface area (Å²) in [5.74, 6) is 0. The van der Waals surface area contributed by atoms with Crippen molar-refractivity contribution in [2.45, 2.75) is 44.6 Å². The molecule has 0 rings (SSSR count). The van der Waals surface area contributed by atoms with Gasteiger partial charge in [-0.15, -0.1) is 0 Å². The van der Waals surface area contributed by atoms with E-state index in [4.69, 9.17) is 10.4 Å². The number of amides is 1. The van der Waals surface area contributed by atoms with Gasteiger partial charge in [0.1, 0.15) is 5.54 Å². The number of nitriles is 1. The van der Waals surface area contributed by atoms with Crippen LogP contribution in [-0.4, -0.2) is 24.8 Å². The van der Waals surface area contributed by atoms with Crippen molar-refractivity contribution < 1.29 is 9.90 Å². The second-order valence-electron chi connectivity index (χ2n) is 4.93. The molecule has 0 aliphatic rings. The molecule has 0 heterocycles. The maximum Gasteiger partial charge on any atom is 0.405 e. The molecule has 4 nitrogen and oxygen atoms in total. The third-order valence-corrected chi connectivity index (χ3v) is 3.75. The fourth-order valence-corrected chi connectivity index (χ4v) is 2.26. The number of nitrogens with zero attached hydrogens (tertiary/aromatic N) is 1. The van der Waals surface area contributed by atoms with E-state index in [9.17, 15) is 4.79 Å². The van der Waals surface area contributed by atoms with Crippen molar-refractivity contribution in [2.24, 2.45) is 0 Å². The van der Waals surface area contributed by atoms with Crippen LogP contribution in [0.3, 0.4) is 0 Å². The number of nitrogens with one attached hydrogen (secondary N) is 1. The molecular formula is C9H18N2O2Si. The molecule has 0 fully saturated rings. The van der Waals surface area contributed by atoms with Gasteiger partial charge in [0.25, 0.3) is 0 Å². The topological polar surface area (TPSA) is 73.1 Å². The van der Waals surface area contributed by atoms with Crippen molar-refractivity contribution in [3.8, 4) is 6.07 Å². The summed E-state index contributed by atoms with van der Waals surface area (Å²) in [4.78, 5) is 10.4. The van der Waals surface area contributed by atoms with Crippen LogP contribution in [0.15, 0.2) is 0 Å². The van der Waals surface area contributed by atoms with Gasteiger partial charge in [-0.25, -0.2) is 4.79 Å². The van der Waals surface area contributed by atoms with Crippen molar-refractivity contribution in [3.05, 3.63) is 0 Å². The molecule has 1 amide bonds. The predicted molar refractivity (Wildman–Crippen MR) is 57.9 cm³/mol. The van der Waals surface area contributed by atoms with E-state index in [1.54, 1.807) is 6.92 Å². The second kappa shape index (κ2) is 4.47. The summed E-state index contributed by atoms with van der Waals surface area (Å²) in [6.45, 7) is 8.23.